The Morgan fingerprint density at radius 3 is 2.35 bits per heavy atom. The number of carbonyl (C=O) groups is 2. The molecule has 2 amide bonds. The van der Waals surface area contributed by atoms with Crippen LogP contribution in [-0.4, -0.2) is 18.9 Å². The monoisotopic (exact) mass is 436 g/mol. The highest BCUT2D eigenvalue weighted by Crippen LogP contribution is 2.39. The highest BCUT2D eigenvalue weighted by atomic mass is 35.5. The number of benzene rings is 3. The summed E-state index contributed by atoms with van der Waals surface area (Å²) in [6.07, 6.45) is 0. The molecular formula is C24H18ClFN2O3. The first-order valence-corrected chi connectivity index (χ1v) is 9.83. The number of methoxy groups -OCH3 is 1. The molecule has 7 heteroatoms. The van der Waals surface area contributed by atoms with Crippen molar-refractivity contribution in [3.8, 4) is 5.75 Å². The lowest BCUT2D eigenvalue weighted by atomic mass is 10.0. The minimum Gasteiger partial charge on any atom is -0.495 e. The number of para-hydroxylation sites is 1. The zero-order valence-electron chi connectivity index (χ0n) is 16.8. The summed E-state index contributed by atoms with van der Waals surface area (Å²) in [6.45, 7) is 1.89. The van der Waals surface area contributed by atoms with Crippen LogP contribution < -0.4 is 15.0 Å². The second kappa shape index (κ2) is 8.24. The Labute approximate surface area is 183 Å². The summed E-state index contributed by atoms with van der Waals surface area (Å²) in [5, 5.41) is 3.45. The summed E-state index contributed by atoms with van der Waals surface area (Å²) in [7, 11) is 1.44. The van der Waals surface area contributed by atoms with E-state index in [-0.39, 0.29) is 17.0 Å². The molecule has 1 N–H and O–H groups in total. The molecule has 31 heavy (non-hydrogen) atoms. The molecule has 156 valence electrons. The maximum absolute atomic E-state index is 13.5. The number of ether oxygens (including phenoxy) is 1. The molecule has 1 aliphatic rings. The number of anilines is 2. The van der Waals surface area contributed by atoms with Gasteiger partial charge >= 0.3 is 0 Å². The van der Waals surface area contributed by atoms with Crippen molar-refractivity contribution >= 4 is 40.4 Å². The fourth-order valence-corrected chi connectivity index (χ4v) is 3.60. The van der Waals surface area contributed by atoms with Gasteiger partial charge in [-0.2, -0.15) is 0 Å². The number of rotatable bonds is 5. The Kier molecular flexibility index (Phi) is 5.48. The van der Waals surface area contributed by atoms with E-state index in [1.807, 2.05) is 31.2 Å². The molecule has 0 aliphatic carbocycles. The van der Waals surface area contributed by atoms with Crippen molar-refractivity contribution < 1.29 is 18.7 Å². The van der Waals surface area contributed by atoms with Crippen LogP contribution in [0.4, 0.5) is 15.8 Å². The molecule has 0 aromatic heterocycles. The number of halogens is 2. The Balaban J connectivity index is 1.87. The molecule has 0 fully saturated rings. The lowest BCUT2D eigenvalue weighted by Crippen LogP contribution is -2.32. The van der Waals surface area contributed by atoms with Crippen LogP contribution in [0, 0.1) is 12.7 Å². The van der Waals surface area contributed by atoms with E-state index in [4.69, 9.17) is 16.3 Å². The third-order valence-electron chi connectivity index (χ3n) is 5.00. The number of carbonyl (C=O) groups excluding carboxylic acids is 2. The maximum Gasteiger partial charge on any atom is 0.282 e. The summed E-state index contributed by atoms with van der Waals surface area (Å²) in [5.74, 6) is -1.24. The van der Waals surface area contributed by atoms with E-state index >= 15 is 0 Å². The summed E-state index contributed by atoms with van der Waals surface area (Å²) >= 11 is 6.13. The molecule has 0 spiro atoms. The van der Waals surface area contributed by atoms with Gasteiger partial charge in [0.05, 0.1) is 18.4 Å². The molecule has 1 heterocycles. The molecule has 3 aromatic rings. The maximum atomic E-state index is 13.5. The number of imide groups is 1. The third kappa shape index (κ3) is 3.78. The van der Waals surface area contributed by atoms with Gasteiger partial charge in [0.15, 0.2) is 0 Å². The van der Waals surface area contributed by atoms with E-state index in [1.165, 1.54) is 37.4 Å². The molecule has 3 aromatic carbocycles. The molecule has 4 rings (SSSR count). The fraction of sp³-hybridized carbons (Fsp3) is 0.0833. The van der Waals surface area contributed by atoms with Crippen LogP contribution in [0.5, 0.6) is 5.75 Å². The number of hydrogen-bond acceptors (Lipinski definition) is 4. The predicted molar refractivity (Wildman–Crippen MR) is 119 cm³/mol. The number of nitrogens with zero attached hydrogens (tertiary/aromatic N) is 1. The summed E-state index contributed by atoms with van der Waals surface area (Å²) in [5.41, 5.74) is 2.44. The molecule has 0 bridgehead atoms. The van der Waals surface area contributed by atoms with Crippen LogP contribution in [0.1, 0.15) is 11.1 Å². The third-order valence-corrected chi connectivity index (χ3v) is 5.24. The first-order chi connectivity index (χ1) is 14.9. The first-order valence-electron chi connectivity index (χ1n) is 9.46. The van der Waals surface area contributed by atoms with Gasteiger partial charge in [-0.05, 0) is 54.4 Å². The second-order valence-corrected chi connectivity index (χ2v) is 7.40. The normalized spacial score (nSPS) is 13.7. The smallest absolute Gasteiger partial charge is 0.282 e. The second-order valence-electron chi connectivity index (χ2n) is 6.96. The van der Waals surface area contributed by atoms with Gasteiger partial charge in [-0.3, -0.25) is 9.59 Å². The predicted octanol–water partition coefficient (Wildman–Crippen LogP) is 5.19. The van der Waals surface area contributed by atoms with Gasteiger partial charge in [0.2, 0.25) is 0 Å². The van der Waals surface area contributed by atoms with Crippen molar-refractivity contribution in [3.63, 3.8) is 0 Å². The van der Waals surface area contributed by atoms with Crippen LogP contribution in [0.2, 0.25) is 5.02 Å². The van der Waals surface area contributed by atoms with E-state index in [0.29, 0.717) is 22.0 Å². The first kappa shape index (κ1) is 20.6. The minimum atomic E-state index is -0.562. The average molecular weight is 437 g/mol. The van der Waals surface area contributed by atoms with Gasteiger partial charge in [0, 0.05) is 10.7 Å². The molecule has 0 radical (unpaired) electrons. The largest absolute Gasteiger partial charge is 0.495 e. The van der Waals surface area contributed by atoms with Crippen molar-refractivity contribution in [2.75, 3.05) is 17.3 Å². The molecule has 1 aliphatic heterocycles. The standard InChI is InChI=1S/C24H18ClFN2O3/c1-14-5-3-4-6-18(14)27-22-21(15-7-10-17(26)11-8-15)23(29)28(24(22)30)19-13-16(25)9-12-20(19)31-2/h3-13,27H,1-2H3. The Bertz CT molecular complexity index is 1220. The number of aryl methyl sites for hydroxylation is 1. The van der Waals surface area contributed by atoms with Gasteiger partial charge in [0.25, 0.3) is 11.8 Å². The van der Waals surface area contributed by atoms with Crippen LogP contribution in [0.25, 0.3) is 5.57 Å². The zero-order valence-corrected chi connectivity index (χ0v) is 17.5. The van der Waals surface area contributed by atoms with Crippen molar-refractivity contribution in [2.24, 2.45) is 0 Å². The number of hydrogen-bond donors (Lipinski definition) is 1. The van der Waals surface area contributed by atoms with Gasteiger partial charge in [-0.1, -0.05) is 41.9 Å². The summed E-state index contributed by atoms with van der Waals surface area (Å²) < 4.78 is 18.8. The van der Waals surface area contributed by atoms with Gasteiger partial charge in [0.1, 0.15) is 17.3 Å². The van der Waals surface area contributed by atoms with Crippen LogP contribution in [-0.2, 0) is 9.59 Å². The van der Waals surface area contributed by atoms with Crippen LogP contribution in [0.15, 0.2) is 72.4 Å². The van der Waals surface area contributed by atoms with Gasteiger partial charge in [-0.15, -0.1) is 0 Å². The summed E-state index contributed by atoms with van der Waals surface area (Å²) in [4.78, 5) is 28.0. The van der Waals surface area contributed by atoms with E-state index in [1.54, 1.807) is 12.1 Å². The SMILES string of the molecule is COc1ccc(Cl)cc1N1C(=O)C(Nc2ccccc2C)=C(c2ccc(F)cc2)C1=O. The lowest BCUT2D eigenvalue weighted by molar-refractivity contribution is -0.120. The molecule has 0 saturated carbocycles. The molecule has 0 saturated heterocycles. The highest BCUT2D eigenvalue weighted by molar-refractivity contribution is 6.46. The molecule has 5 nitrogen and oxygen atoms in total. The van der Waals surface area contributed by atoms with Gasteiger partial charge < -0.3 is 10.1 Å². The van der Waals surface area contributed by atoms with Crippen molar-refractivity contribution in [1.29, 1.82) is 0 Å². The highest BCUT2D eigenvalue weighted by Gasteiger charge is 2.41. The van der Waals surface area contributed by atoms with Gasteiger partial charge in [-0.25, -0.2) is 9.29 Å². The van der Waals surface area contributed by atoms with E-state index in [2.05, 4.69) is 5.32 Å². The van der Waals surface area contributed by atoms with E-state index in [0.717, 1.165) is 10.5 Å². The molecular weight excluding hydrogens is 419 g/mol. The topological polar surface area (TPSA) is 58.6 Å². The van der Waals surface area contributed by atoms with Crippen LogP contribution >= 0.6 is 11.6 Å². The quantitative estimate of drug-likeness (QED) is 0.559. The minimum absolute atomic E-state index is 0.0907. The molecule has 0 unspecified atom stereocenters. The average Bonchev–Trinajstić information content (AvgIpc) is 3.00. The Hall–Kier alpha value is -3.64. The summed E-state index contributed by atoms with van der Waals surface area (Å²) in [6, 6.07) is 17.5. The number of nitrogens with one attached hydrogen (secondary N) is 1. The van der Waals surface area contributed by atoms with E-state index < -0.39 is 17.6 Å². The van der Waals surface area contributed by atoms with Crippen molar-refractivity contribution in [3.05, 3.63) is 94.4 Å². The fourth-order valence-electron chi connectivity index (χ4n) is 3.43. The van der Waals surface area contributed by atoms with E-state index in [9.17, 15) is 14.0 Å². The van der Waals surface area contributed by atoms with Crippen molar-refractivity contribution in [2.45, 2.75) is 6.92 Å². The zero-order chi connectivity index (χ0) is 22.1. The Morgan fingerprint density at radius 1 is 0.968 bits per heavy atom. The number of amides is 2. The molecule has 0 atom stereocenters. The van der Waals surface area contributed by atoms with Crippen molar-refractivity contribution in [1.82, 2.24) is 0 Å². The van der Waals surface area contributed by atoms with Crippen LogP contribution in [0.3, 0.4) is 0 Å². The Morgan fingerprint density at radius 2 is 1.68 bits per heavy atom. The lowest BCUT2D eigenvalue weighted by Gasteiger charge is -2.19.